The van der Waals surface area contributed by atoms with Crippen molar-refractivity contribution in [1.29, 1.82) is 0 Å². The van der Waals surface area contributed by atoms with Gasteiger partial charge in [-0.1, -0.05) is 51.5 Å². The van der Waals surface area contributed by atoms with Crippen molar-refractivity contribution < 1.29 is 4.79 Å². The predicted octanol–water partition coefficient (Wildman–Crippen LogP) is 3.64. The van der Waals surface area contributed by atoms with Crippen LogP contribution in [0.2, 0.25) is 0 Å². The molecule has 3 heteroatoms. The predicted molar refractivity (Wildman–Crippen MR) is 86.9 cm³/mol. The van der Waals surface area contributed by atoms with Crippen molar-refractivity contribution in [3.63, 3.8) is 0 Å². The number of nitrogens with zero attached hydrogens (tertiary/aromatic N) is 1. The second-order valence-electron chi connectivity index (χ2n) is 6.26. The molecule has 1 N–H and O–H groups in total. The summed E-state index contributed by atoms with van der Waals surface area (Å²) in [6, 6.07) is 8.55. The minimum Gasteiger partial charge on any atom is -0.319 e. The van der Waals surface area contributed by atoms with E-state index in [0.29, 0.717) is 5.92 Å². The number of rotatable bonds is 5. The van der Waals surface area contributed by atoms with E-state index in [0.717, 1.165) is 12.8 Å². The minimum atomic E-state index is -0.0545. The fraction of sp³-hybridized carbons (Fsp3) is 0.611. The molecule has 4 unspecified atom stereocenters. The molecule has 1 heterocycles. The lowest BCUT2D eigenvalue weighted by atomic mass is 9.97. The van der Waals surface area contributed by atoms with Gasteiger partial charge in [-0.15, -0.1) is 0 Å². The number of hydrogen-bond donors (Lipinski definition) is 1. The van der Waals surface area contributed by atoms with Gasteiger partial charge in [-0.3, -0.25) is 10.1 Å². The van der Waals surface area contributed by atoms with E-state index in [1.165, 1.54) is 11.1 Å². The Morgan fingerprint density at radius 3 is 2.48 bits per heavy atom. The zero-order chi connectivity index (χ0) is 15.6. The first-order chi connectivity index (χ1) is 10.0. The van der Waals surface area contributed by atoms with Crippen molar-refractivity contribution in [1.82, 2.24) is 10.2 Å². The topological polar surface area (TPSA) is 32.3 Å². The maximum atomic E-state index is 12.8. The monoisotopic (exact) mass is 288 g/mol. The summed E-state index contributed by atoms with van der Waals surface area (Å²) < 4.78 is 0. The standard InChI is InChI=1S/C18H28N2O/c1-6-12(3)14(5)20-17(19-16(7-2)18(20)21)15-11-9-8-10-13(15)4/h8-12,14,16-17,19H,6-7H2,1-5H3. The molecular weight excluding hydrogens is 260 g/mol. The smallest absolute Gasteiger partial charge is 0.241 e. The molecule has 1 saturated heterocycles. The zero-order valence-corrected chi connectivity index (χ0v) is 13.9. The molecule has 1 aliphatic heterocycles. The summed E-state index contributed by atoms with van der Waals surface area (Å²) in [5.41, 5.74) is 2.46. The fourth-order valence-electron chi connectivity index (χ4n) is 3.13. The Morgan fingerprint density at radius 2 is 1.90 bits per heavy atom. The highest BCUT2D eigenvalue weighted by Gasteiger charge is 2.42. The Bertz CT molecular complexity index is 500. The van der Waals surface area contributed by atoms with Crippen molar-refractivity contribution in [3.05, 3.63) is 35.4 Å². The van der Waals surface area contributed by atoms with Gasteiger partial charge in [0.2, 0.25) is 5.91 Å². The molecule has 1 aliphatic rings. The largest absolute Gasteiger partial charge is 0.319 e. The van der Waals surface area contributed by atoms with E-state index < -0.39 is 0 Å². The summed E-state index contributed by atoms with van der Waals surface area (Å²) in [5, 5.41) is 3.53. The van der Waals surface area contributed by atoms with Crippen molar-refractivity contribution in [3.8, 4) is 0 Å². The van der Waals surface area contributed by atoms with E-state index in [-0.39, 0.29) is 24.2 Å². The third-order valence-corrected chi connectivity index (χ3v) is 4.99. The summed E-state index contributed by atoms with van der Waals surface area (Å²) in [7, 11) is 0. The molecule has 0 aromatic heterocycles. The van der Waals surface area contributed by atoms with Gasteiger partial charge in [0.15, 0.2) is 0 Å². The van der Waals surface area contributed by atoms with Crippen LogP contribution in [0.5, 0.6) is 0 Å². The van der Waals surface area contributed by atoms with Gasteiger partial charge in [0, 0.05) is 6.04 Å². The fourth-order valence-corrected chi connectivity index (χ4v) is 3.13. The number of hydrogen-bond acceptors (Lipinski definition) is 2. The molecule has 1 aromatic carbocycles. The molecule has 0 saturated carbocycles. The molecule has 1 aromatic rings. The van der Waals surface area contributed by atoms with Crippen molar-refractivity contribution >= 4 is 5.91 Å². The van der Waals surface area contributed by atoms with Crippen LogP contribution in [0.25, 0.3) is 0 Å². The van der Waals surface area contributed by atoms with Gasteiger partial charge >= 0.3 is 0 Å². The van der Waals surface area contributed by atoms with Crippen LogP contribution in [-0.4, -0.2) is 22.9 Å². The van der Waals surface area contributed by atoms with Gasteiger partial charge in [0.1, 0.15) is 6.17 Å². The molecule has 0 bridgehead atoms. The third-order valence-electron chi connectivity index (χ3n) is 4.99. The molecule has 0 spiro atoms. The van der Waals surface area contributed by atoms with Crippen LogP contribution in [0.3, 0.4) is 0 Å². The molecule has 0 radical (unpaired) electrons. The lowest BCUT2D eigenvalue weighted by molar-refractivity contribution is -0.133. The number of aryl methyl sites for hydroxylation is 1. The summed E-state index contributed by atoms with van der Waals surface area (Å²) in [4.78, 5) is 14.8. The lowest BCUT2D eigenvalue weighted by Crippen LogP contribution is -2.42. The molecule has 116 valence electrons. The number of amides is 1. The van der Waals surface area contributed by atoms with Crippen LogP contribution in [0.1, 0.15) is 57.8 Å². The van der Waals surface area contributed by atoms with E-state index in [2.05, 4.69) is 69.1 Å². The molecule has 2 rings (SSSR count). The maximum absolute atomic E-state index is 12.8. The molecule has 0 aliphatic carbocycles. The van der Waals surface area contributed by atoms with Crippen LogP contribution < -0.4 is 5.32 Å². The van der Waals surface area contributed by atoms with Gasteiger partial charge in [0.05, 0.1) is 6.04 Å². The van der Waals surface area contributed by atoms with E-state index in [1.807, 2.05) is 0 Å². The molecule has 1 fully saturated rings. The summed E-state index contributed by atoms with van der Waals surface area (Å²) in [6.07, 6.45) is 1.93. The van der Waals surface area contributed by atoms with E-state index in [1.54, 1.807) is 0 Å². The highest BCUT2D eigenvalue weighted by molar-refractivity contribution is 5.85. The molecule has 21 heavy (non-hydrogen) atoms. The van der Waals surface area contributed by atoms with Gasteiger partial charge in [-0.2, -0.15) is 0 Å². The highest BCUT2D eigenvalue weighted by atomic mass is 16.2. The average molecular weight is 288 g/mol. The van der Waals surface area contributed by atoms with Gasteiger partial charge in [-0.05, 0) is 37.3 Å². The second-order valence-corrected chi connectivity index (χ2v) is 6.26. The van der Waals surface area contributed by atoms with Crippen molar-refractivity contribution in [2.24, 2.45) is 5.92 Å². The average Bonchev–Trinajstić information content (AvgIpc) is 2.82. The first-order valence-electron chi connectivity index (χ1n) is 8.14. The van der Waals surface area contributed by atoms with Crippen LogP contribution in [-0.2, 0) is 4.79 Å². The molecular formula is C18H28N2O. The number of benzene rings is 1. The molecule has 4 atom stereocenters. The molecule has 3 nitrogen and oxygen atoms in total. The third kappa shape index (κ3) is 2.98. The maximum Gasteiger partial charge on any atom is 0.241 e. The Hall–Kier alpha value is -1.35. The van der Waals surface area contributed by atoms with Crippen LogP contribution in [0, 0.1) is 12.8 Å². The van der Waals surface area contributed by atoms with E-state index in [9.17, 15) is 4.79 Å². The van der Waals surface area contributed by atoms with Crippen molar-refractivity contribution in [2.45, 2.75) is 65.7 Å². The highest BCUT2D eigenvalue weighted by Crippen LogP contribution is 2.32. The van der Waals surface area contributed by atoms with Crippen molar-refractivity contribution in [2.75, 3.05) is 0 Å². The Labute approximate surface area is 128 Å². The Morgan fingerprint density at radius 1 is 1.24 bits per heavy atom. The van der Waals surface area contributed by atoms with Gasteiger partial charge in [0.25, 0.3) is 0 Å². The SMILES string of the molecule is CCC1NC(c2ccccc2C)N(C(C)C(C)CC)C1=O. The van der Waals surface area contributed by atoms with Crippen LogP contribution in [0.15, 0.2) is 24.3 Å². The Kier molecular flexibility index (Phi) is 5.04. The Balaban J connectivity index is 2.37. The number of nitrogens with one attached hydrogen (secondary N) is 1. The summed E-state index contributed by atoms with van der Waals surface area (Å²) >= 11 is 0. The quantitative estimate of drug-likeness (QED) is 0.897. The second kappa shape index (κ2) is 6.61. The minimum absolute atomic E-state index is 0.00708. The van der Waals surface area contributed by atoms with Gasteiger partial charge < -0.3 is 4.90 Å². The van der Waals surface area contributed by atoms with Crippen LogP contribution >= 0.6 is 0 Å². The zero-order valence-electron chi connectivity index (χ0n) is 13.9. The number of carbonyl (C=O) groups excluding carboxylic acids is 1. The normalized spacial score (nSPS) is 25.2. The van der Waals surface area contributed by atoms with Crippen LogP contribution in [0.4, 0.5) is 0 Å². The first kappa shape index (κ1) is 16.0. The summed E-state index contributed by atoms with van der Waals surface area (Å²) in [6.45, 7) is 10.8. The van der Waals surface area contributed by atoms with Gasteiger partial charge in [-0.25, -0.2) is 0 Å². The summed E-state index contributed by atoms with van der Waals surface area (Å²) in [5.74, 6) is 0.747. The number of carbonyl (C=O) groups is 1. The first-order valence-corrected chi connectivity index (χ1v) is 8.14. The lowest BCUT2D eigenvalue weighted by Gasteiger charge is -2.34. The van der Waals surface area contributed by atoms with E-state index >= 15 is 0 Å². The van der Waals surface area contributed by atoms with E-state index in [4.69, 9.17) is 0 Å². The molecule has 1 amide bonds.